The highest BCUT2D eigenvalue weighted by atomic mass is 32.2. The lowest BCUT2D eigenvalue weighted by molar-refractivity contribution is -0.115. The molecule has 0 unspecified atom stereocenters. The molecule has 3 aromatic rings. The monoisotopic (exact) mass is 443 g/mol. The molecule has 2 aromatic heterocycles. The van der Waals surface area contributed by atoms with E-state index in [0.717, 1.165) is 16.1 Å². The molecule has 30 heavy (non-hydrogen) atoms. The summed E-state index contributed by atoms with van der Waals surface area (Å²) in [6, 6.07) is 10.9. The number of amides is 1. The van der Waals surface area contributed by atoms with Gasteiger partial charge in [-0.15, -0.1) is 11.3 Å². The van der Waals surface area contributed by atoms with Crippen LogP contribution in [0.15, 0.2) is 45.1 Å². The van der Waals surface area contributed by atoms with Gasteiger partial charge in [0.2, 0.25) is 5.91 Å². The van der Waals surface area contributed by atoms with E-state index >= 15 is 0 Å². The molecule has 0 atom stereocenters. The number of carbonyl (C=O) groups excluding carboxylic acids is 1. The topological polar surface area (TPSA) is 92.5 Å². The predicted molar refractivity (Wildman–Crippen MR) is 118 cm³/mol. The molecule has 0 spiro atoms. The maximum atomic E-state index is 13.1. The summed E-state index contributed by atoms with van der Waals surface area (Å²) in [5.74, 6) is 0.284. The van der Waals surface area contributed by atoms with Gasteiger partial charge in [-0.25, -0.2) is 8.42 Å². The summed E-state index contributed by atoms with van der Waals surface area (Å²) in [7, 11) is -3.61. The fourth-order valence-corrected chi connectivity index (χ4v) is 6.11. The second-order valence-electron chi connectivity index (χ2n) is 6.85. The Labute approximate surface area is 179 Å². The number of nitrogens with one attached hydrogen (secondary N) is 1. The van der Waals surface area contributed by atoms with Crippen molar-refractivity contribution in [2.24, 2.45) is 0 Å². The number of hydrogen-bond donors (Lipinski definition) is 1. The lowest BCUT2D eigenvalue weighted by Crippen LogP contribution is -2.28. The van der Waals surface area contributed by atoms with Gasteiger partial charge in [0.15, 0.2) is 5.76 Å². The number of aromatic nitrogens is 1. The van der Waals surface area contributed by atoms with Crippen LogP contribution in [0.4, 0.5) is 11.4 Å². The van der Waals surface area contributed by atoms with Crippen molar-refractivity contribution < 1.29 is 17.7 Å². The van der Waals surface area contributed by atoms with Gasteiger partial charge in [-0.2, -0.15) is 0 Å². The Morgan fingerprint density at radius 1 is 1.27 bits per heavy atom. The first-order chi connectivity index (χ1) is 14.4. The van der Waals surface area contributed by atoms with Crippen LogP contribution in [0.2, 0.25) is 0 Å². The molecule has 3 heterocycles. The van der Waals surface area contributed by atoms with Crippen LogP contribution in [0.25, 0.3) is 12.2 Å². The second-order valence-corrected chi connectivity index (χ2v) is 10.1. The van der Waals surface area contributed by atoms with Crippen LogP contribution < -0.4 is 9.62 Å². The largest absolute Gasteiger partial charge is 0.354 e. The van der Waals surface area contributed by atoms with Gasteiger partial charge in [0.05, 0.1) is 5.69 Å². The van der Waals surface area contributed by atoms with Crippen LogP contribution in [0, 0.1) is 6.92 Å². The fourth-order valence-electron chi connectivity index (χ4n) is 3.27. The van der Waals surface area contributed by atoms with Gasteiger partial charge in [-0.1, -0.05) is 30.3 Å². The third kappa shape index (κ3) is 3.78. The third-order valence-corrected chi connectivity index (χ3v) is 8.20. The molecule has 1 aliphatic heterocycles. The lowest BCUT2D eigenvalue weighted by atomic mass is 10.2. The minimum Gasteiger partial charge on any atom is -0.354 e. The van der Waals surface area contributed by atoms with E-state index in [0.29, 0.717) is 36.5 Å². The second kappa shape index (κ2) is 8.08. The van der Waals surface area contributed by atoms with Gasteiger partial charge in [-0.05, 0) is 49.3 Å². The van der Waals surface area contributed by atoms with E-state index in [-0.39, 0.29) is 10.1 Å². The van der Waals surface area contributed by atoms with Crippen molar-refractivity contribution in [3.05, 3.63) is 58.3 Å². The number of nitrogens with zero attached hydrogens (tertiary/aromatic N) is 2. The molecule has 1 aromatic carbocycles. The highest BCUT2D eigenvalue weighted by Gasteiger charge is 2.31. The van der Waals surface area contributed by atoms with Gasteiger partial charge in [0, 0.05) is 17.8 Å². The summed E-state index contributed by atoms with van der Waals surface area (Å²) in [5.41, 5.74) is 2.89. The van der Waals surface area contributed by atoms with Crippen molar-refractivity contribution in [2.75, 3.05) is 16.2 Å². The highest BCUT2D eigenvalue weighted by Crippen LogP contribution is 2.35. The summed E-state index contributed by atoms with van der Waals surface area (Å²) >= 11 is 1.19. The van der Waals surface area contributed by atoms with E-state index in [1.165, 1.54) is 15.6 Å². The molecular formula is C21H21N3O4S2. The average Bonchev–Trinajstić information content (AvgIpc) is 3.46. The lowest BCUT2D eigenvalue weighted by Gasteiger charge is -2.18. The van der Waals surface area contributed by atoms with Crippen LogP contribution >= 0.6 is 11.3 Å². The van der Waals surface area contributed by atoms with Gasteiger partial charge < -0.3 is 9.84 Å². The molecule has 0 aliphatic carbocycles. The first-order valence-electron chi connectivity index (χ1n) is 9.55. The van der Waals surface area contributed by atoms with E-state index in [9.17, 15) is 13.2 Å². The predicted octanol–water partition coefficient (Wildman–Crippen LogP) is 4.31. The smallest absolute Gasteiger partial charge is 0.273 e. The van der Waals surface area contributed by atoms with E-state index in [2.05, 4.69) is 10.5 Å². The van der Waals surface area contributed by atoms with Gasteiger partial charge in [-0.3, -0.25) is 9.10 Å². The average molecular weight is 444 g/mol. The molecule has 4 rings (SSSR count). The third-order valence-electron chi connectivity index (χ3n) is 4.86. The minimum absolute atomic E-state index is 0.133. The SMILES string of the molecule is CCC(=O)Nc1c(C)noc1/C=C/c1ccc(S(=O)(=O)N2CCc3ccccc32)s1. The zero-order chi connectivity index (χ0) is 21.3. The molecule has 0 saturated carbocycles. The van der Waals surface area contributed by atoms with Crippen molar-refractivity contribution in [1.29, 1.82) is 0 Å². The van der Waals surface area contributed by atoms with Crippen molar-refractivity contribution in [1.82, 2.24) is 5.16 Å². The Hall–Kier alpha value is -2.91. The summed E-state index contributed by atoms with van der Waals surface area (Å²) < 4.78 is 33.3. The number of para-hydroxylation sites is 1. The van der Waals surface area contributed by atoms with Crippen LogP contribution in [-0.2, 0) is 21.2 Å². The molecule has 9 heteroatoms. The van der Waals surface area contributed by atoms with Crippen LogP contribution in [0.1, 0.15) is 35.2 Å². The molecule has 0 fully saturated rings. The first kappa shape index (κ1) is 20.4. The maximum Gasteiger partial charge on any atom is 0.273 e. The van der Waals surface area contributed by atoms with E-state index in [1.807, 2.05) is 24.3 Å². The number of anilines is 2. The Kier molecular flexibility index (Phi) is 5.48. The Balaban J connectivity index is 1.56. The van der Waals surface area contributed by atoms with E-state index < -0.39 is 10.0 Å². The molecule has 1 aliphatic rings. The van der Waals surface area contributed by atoms with E-state index in [4.69, 9.17) is 4.52 Å². The van der Waals surface area contributed by atoms with Crippen molar-refractivity contribution in [3.63, 3.8) is 0 Å². The Morgan fingerprint density at radius 2 is 2.07 bits per heavy atom. The summed E-state index contributed by atoms with van der Waals surface area (Å²) in [6.07, 6.45) is 4.49. The van der Waals surface area contributed by atoms with Gasteiger partial charge >= 0.3 is 0 Å². The number of rotatable bonds is 6. The fraction of sp³-hybridized carbons (Fsp3) is 0.238. The van der Waals surface area contributed by atoms with Crippen LogP contribution in [-0.4, -0.2) is 26.0 Å². The molecule has 1 amide bonds. The van der Waals surface area contributed by atoms with Crippen LogP contribution in [0.3, 0.4) is 0 Å². The number of fused-ring (bicyclic) bond motifs is 1. The molecule has 1 N–H and O–H groups in total. The number of benzene rings is 1. The maximum absolute atomic E-state index is 13.1. The Bertz CT molecular complexity index is 1220. The molecule has 0 saturated heterocycles. The normalized spacial score (nSPS) is 13.7. The van der Waals surface area contributed by atoms with Crippen molar-refractivity contribution in [2.45, 2.75) is 30.9 Å². The number of hydrogen-bond acceptors (Lipinski definition) is 6. The standard InChI is InChI=1S/C21H21N3O4S2/c1-3-19(25)22-21-14(2)23-28-18(21)10-8-16-9-11-20(29-16)30(26,27)24-13-12-15-6-4-5-7-17(15)24/h4-11H,3,12-13H2,1-2H3,(H,22,25)/b10-8+. The zero-order valence-electron chi connectivity index (χ0n) is 16.6. The zero-order valence-corrected chi connectivity index (χ0v) is 18.2. The number of carbonyl (C=O) groups is 1. The molecule has 0 bridgehead atoms. The number of sulfonamides is 1. The van der Waals surface area contributed by atoms with Gasteiger partial charge in [0.1, 0.15) is 15.6 Å². The van der Waals surface area contributed by atoms with E-state index in [1.54, 1.807) is 38.1 Å². The van der Waals surface area contributed by atoms with Gasteiger partial charge in [0.25, 0.3) is 10.0 Å². The quantitative estimate of drug-likeness (QED) is 0.613. The summed E-state index contributed by atoms with van der Waals surface area (Å²) in [4.78, 5) is 12.5. The van der Waals surface area contributed by atoms with Crippen LogP contribution in [0.5, 0.6) is 0 Å². The molecule has 7 nitrogen and oxygen atoms in total. The first-order valence-corrected chi connectivity index (χ1v) is 11.8. The van der Waals surface area contributed by atoms with Crippen molar-refractivity contribution >= 4 is 50.8 Å². The highest BCUT2D eigenvalue weighted by molar-refractivity contribution is 7.94. The van der Waals surface area contributed by atoms with Crippen molar-refractivity contribution in [3.8, 4) is 0 Å². The summed E-state index contributed by atoms with van der Waals surface area (Å²) in [6.45, 7) is 3.96. The number of aryl methyl sites for hydroxylation is 1. The molecule has 156 valence electrons. The Morgan fingerprint density at radius 3 is 2.87 bits per heavy atom. The summed E-state index contributed by atoms with van der Waals surface area (Å²) in [5, 5.41) is 6.67. The molecular weight excluding hydrogens is 422 g/mol. The number of thiophene rings is 1. The molecule has 0 radical (unpaired) electrons. The minimum atomic E-state index is -3.61.